The molecule has 5 nitrogen and oxygen atoms in total. The van der Waals surface area contributed by atoms with Crippen molar-refractivity contribution >= 4 is 15.8 Å². The van der Waals surface area contributed by atoms with Crippen LogP contribution in [0.1, 0.15) is 17.5 Å². The minimum atomic E-state index is -3.82. The Kier molecular flexibility index (Phi) is 7.12. The molecule has 4 rings (SSSR count). The second-order valence-corrected chi connectivity index (χ2v) is 9.81. The van der Waals surface area contributed by atoms with E-state index < -0.39 is 10.1 Å². The number of hydrogen-bond acceptors (Lipinski definition) is 5. The Morgan fingerprint density at radius 2 is 1.47 bits per heavy atom. The molecule has 1 aliphatic rings. The molecule has 0 aliphatic carbocycles. The van der Waals surface area contributed by atoms with Crippen LogP contribution in [0.5, 0.6) is 5.75 Å². The van der Waals surface area contributed by atoms with Crippen LogP contribution in [0.25, 0.3) is 0 Å². The van der Waals surface area contributed by atoms with Crippen LogP contribution in [0.15, 0.2) is 83.8 Å². The van der Waals surface area contributed by atoms with Crippen LogP contribution in [-0.2, 0) is 16.5 Å². The van der Waals surface area contributed by atoms with Gasteiger partial charge in [0.15, 0.2) is 0 Å². The largest absolute Gasteiger partial charge is 0.379 e. The summed E-state index contributed by atoms with van der Waals surface area (Å²) in [5.74, 6) is 0.328. The van der Waals surface area contributed by atoms with Crippen LogP contribution in [0, 0.1) is 6.92 Å². The van der Waals surface area contributed by atoms with Crippen LogP contribution in [0.2, 0.25) is 0 Å². The van der Waals surface area contributed by atoms with Gasteiger partial charge in [0.1, 0.15) is 10.6 Å². The fourth-order valence-electron chi connectivity index (χ4n) is 3.97. The van der Waals surface area contributed by atoms with Crippen molar-refractivity contribution < 1.29 is 12.6 Å². The Hall–Kier alpha value is -2.83. The lowest BCUT2D eigenvalue weighted by molar-refractivity contribution is 0.255. The summed E-state index contributed by atoms with van der Waals surface area (Å²) in [7, 11) is -3.82. The first-order chi connectivity index (χ1) is 15.5. The topological polar surface area (TPSA) is 49.9 Å². The average Bonchev–Trinajstić information content (AvgIpc) is 2.81. The molecule has 0 aromatic heterocycles. The zero-order chi connectivity index (χ0) is 22.4. The fourth-order valence-corrected chi connectivity index (χ4v) is 4.90. The molecule has 32 heavy (non-hydrogen) atoms. The monoisotopic (exact) mass is 450 g/mol. The quantitative estimate of drug-likeness (QED) is 0.473. The van der Waals surface area contributed by atoms with E-state index in [1.165, 1.54) is 12.0 Å². The van der Waals surface area contributed by atoms with Gasteiger partial charge < -0.3 is 9.08 Å². The van der Waals surface area contributed by atoms with Crippen molar-refractivity contribution in [3.8, 4) is 5.75 Å². The summed E-state index contributed by atoms with van der Waals surface area (Å²) in [4.78, 5) is 5.02. The summed E-state index contributed by atoms with van der Waals surface area (Å²) in [5.41, 5.74) is 3.50. The van der Waals surface area contributed by atoms with Crippen LogP contribution in [0.4, 0.5) is 5.69 Å². The number of aryl methyl sites for hydroxylation is 2. The first-order valence-corrected chi connectivity index (χ1v) is 12.5. The van der Waals surface area contributed by atoms with E-state index in [1.807, 2.05) is 19.1 Å². The first-order valence-electron chi connectivity index (χ1n) is 11.1. The highest BCUT2D eigenvalue weighted by molar-refractivity contribution is 7.87. The molecule has 0 spiro atoms. The number of anilines is 1. The Bertz CT molecular complexity index is 1090. The maximum Gasteiger partial charge on any atom is 0.339 e. The highest BCUT2D eigenvalue weighted by Gasteiger charge is 2.19. The number of piperazine rings is 1. The Morgan fingerprint density at radius 1 is 0.812 bits per heavy atom. The molecular formula is C26H30N2O3S. The number of nitrogens with zero attached hydrogens (tertiary/aromatic N) is 2. The third-order valence-electron chi connectivity index (χ3n) is 5.87. The second-order valence-electron chi connectivity index (χ2n) is 8.26. The van der Waals surface area contributed by atoms with Gasteiger partial charge in [-0.3, -0.25) is 4.90 Å². The number of rotatable bonds is 8. The van der Waals surface area contributed by atoms with Crippen molar-refractivity contribution in [1.82, 2.24) is 4.90 Å². The number of benzene rings is 3. The first kappa shape index (κ1) is 22.4. The lowest BCUT2D eigenvalue weighted by Crippen LogP contribution is -2.46. The van der Waals surface area contributed by atoms with Gasteiger partial charge in [0, 0.05) is 31.9 Å². The highest BCUT2D eigenvalue weighted by Crippen LogP contribution is 2.24. The van der Waals surface area contributed by atoms with E-state index in [9.17, 15) is 8.42 Å². The maximum atomic E-state index is 12.5. The Morgan fingerprint density at radius 3 is 2.12 bits per heavy atom. The minimum Gasteiger partial charge on any atom is -0.379 e. The zero-order valence-electron chi connectivity index (χ0n) is 18.5. The van der Waals surface area contributed by atoms with Crippen molar-refractivity contribution in [3.05, 3.63) is 90.0 Å². The summed E-state index contributed by atoms with van der Waals surface area (Å²) in [6, 6.07) is 24.6. The molecule has 0 N–H and O–H groups in total. The molecule has 1 aliphatic heterocycles. The van der Waals surface area contributed by atoms with Gasteiger partial charge in [0.25, 0.3) is 0 Å². The van der Waals surface area contributed by atoms with E-state index in [-0.39, 0.29) is 4.90 Å². The highest BCUT2D eigenvalue weighted by atomic mass is 32.2. The van der Waals surface area contributed by atoms with E-state index in [4.69, 9.17) is 4.18 Å². The van der Waals surface area contributed by atoms with E-state index in [1.54, 1.807) is 36.4 Å². The normalized spacial score (nSPS) is 15.0. The molecule has 3 aromatic carbocycles. The molecule has 0 unspecified atom stereocenters. The summed E-state index contributed by atoms with van der Waals surface area (Å²) < 4.78 is 30.3. The molecule has 0 atom stereocenters. The SMILES string of the molecule is Cc1ccc(S(=O)(=O)Oc2ccc(N3CCN(CCCc4ccccc4)CC3)cc2)cc1. The predicted octanol–water partition coefficient (Wildman–Crippen LogP) is 4.52. The molecule has 1 heterocycles. The Labute approximate surface area is 191 Å². The Balaban J connectivity index is 1.26. The summed E-state index contributed by atoms with van der Waals surface area (Å²) in [6.07, 6.45) is 2.29. The third kappa shape index (κ3) is 5.90. The summed E-state index contributed by atoms with van der Waals surface area (Å²) >= 11 is 0. The van der Waals surface area contributed by atoms with Gasteiger partial charge in [0.05, 0.1) is 0 Å². The smallest absolute Gasteiger partial charge is 0.339 e. The molecule has 1 fully saturated rings. The number of hydrogen-bond donors (Lipinski definition) is 0. The van der Waals surface area contributed by atoms with E-state index >= 15 is 0 Å². The summed E-state index contributed by atoms with van der Waals surface area (Å²) in [6.45, 7) is 7.04. The van der Waals surface area contributed by atoms with Gasteiger partial charge in [-0.2, -0.15) is 8.42 Å². The standard InChI is InChI=1S/C26H30N2O3S/c1-22-9-15-26(16-10-22)32(29,30)31-25-13-11-24(12-14-25)28-20-18-27(19-21-28)17-5-8-23-6-3-2-4-7-23/h2-4,6-7,9-16H,5,8,17-21H2,1H3. The van der Waals surface area contributed by atoms with Crippen LogP contribution < -0.4 is 9.08 Å². The molecule has 0 bridgehead atoms. The van der Waals surface area contributed by atoms with E-state index in [2.05, 4.69) is 40.1 Å². The predicted molar refractivity (Wildman–Crippen MR) is 129 cm³/mol. The molecule has 0 amide bonds. The molecular weight excluding hydrogens is 420 g/mol. The van der Waals surface area contributed by atoms with Gasteiger partial charge >= 0.3 is 10.1 Å². The van der Waals surface area contributed by atoms with Gasteiger partial charge in [-0.05, 0) is 68.3 Å². The van der Waals surface area contributed by atoms with Crippen molar-refractivity contribution in [1.29, 1.82) is 0 Å². The van der Waals surface area contributed by atoms with Crippen LogP contribution >= 0.6 is 0 Å². The molecule has 0 saturated carbocycles. The van der Waals surface area contributed by atoms with Gasteiger partial charge in [-0.15, -0.1) is 0 Å². The fraction of sp³-hybridized carbons (Fsp3) is 0.308. The summed E-state index contributed by atoms with van der Waals surface area (Å²) in [5, 5.41) is 0. The van der Waals surface area contributed by atoms with Crippen molar-refractivity contribution in [2.45, 2.75) is 24.7 Å². The molecule has 6 heteroatoms. The average molecular weight is 451 g/mol. The van der Waals surface area contributed by atoms with Crippen LogP contribution in [-0.4, -0.2) is 46.0 Å². The van der Waals surface area contributed by atoms with Crippen LogP contribution in [0.3, 0.4) is 0 Å². The molecule has 0 radical (unpaired) electrons. The zero-order valence-corrected chi connectivity index (χ0v) is 19.3. The van der Waals surface area contributed by atoms with Gasteiger partial charge in [-0.1, -0.05) is 48.0 Å². The van der Waals surface area contributed by atoms with Gasteiger partial charge in [0.2, 0.25) is 0 Å². The lowest BCUT2D eigenvalue weighted by Gasteiger charge is -2.36. The van der Waals surface area contributed by atoms with E-state index in [0.29, 0.717) is 5.75 Å². The maximum absolute atomic E-state index is 12.5. The van der Waals surface area contributed by atoms with Gasteiger partial charge in [-0.25, -0.2) is 0 Å². The molecule has 3 aromatic rings. The molecule has 1 saturated heterocycles. The van der Waals surface area contributed by atoms with Crippen molar-refractivity contribution in [2.24, 2.45) is 0 Å². The second kappa shape index (κ2) is 10.2. The van der Waals surface area contributed by atoms with E-state index in [0.717, 1.165) is 50.4 Å². The minimum absolute atomic E-state index is 0.163. The van der Waals surface area contributed by atoms with Crippen molar-refractivity contribution in [2.75, 3.05) is 37.6 Å². The third-order valence-corrected chi connectivity index (χ3v) is 7.13. The lowest BCUT2D eigenvalue weighted by atomic mass is 10.1. The van der Waals surface area contributed by atoms with Crippen molar-refractivity contribution in [3.63, 3.8) is 0 Å². The molecule has 168 valence electrons.